The third-order valence-corrected chi connectivity index (χ3v) is 3.37. The molecule has 2 nitrogen and oxygen atoms in total. The van der Waals surface area contributed by atoms with Gasteiger partial charge in [-0.1, -0.05) is 19.1 Å². The van der Waals surface area contributed by atoms with E-state index < -0.39 is 0 Å². The van der Waals surface area contributed by atoms with E-state index in [1.165, 1.54) is 11.1 Å². The summed E-state index contributed by atoms with van der Waals surface area (Å²) in [5.74, 6) is 0.233. The summed E-state index contributed by atoms with van der Waals surface area (Å²) in [4.78, 5) is 12.2. The maximum absolute atomic E-state index is 12.2. The molecular formula is C14H21NO. The van der Waals surface area contributed by atoms with Gasteiger partial charge in [-0.3, -0.25) is 4.79 Å². The summed E-state index contributed by atoms with van der Waals surface area (Å²) < 4.78 is 0. The zero-order chi connectivity index (χ0) is 12.3. The SMILES string of the molecule is Cc1ccc(C(=O)C(C)CCN)c(C)c1C. The number of carbonyl (C=O) groups excluding carboxylic acids is 1. The molecule has 0 radical (unpaired) electrons. The van der Waals surface area contributed by atoms with Gasteiger partial charge in [0.05, 0.1) is 0 Å². The second kappa shape index (κ2) is 5.26. The molecule has 0 aliphatic rings. The Hall–Kier alpha value is -1.15. The molecule has 0 amide bonds. The third-order valence-electron chi connectivity index (χ3n) is 3.37. The van der Waals surface area contributed by atoms with Crippen molar-refractivity contribution in [3.8, 4) is 0 Å². The van der Waals surface area contributed by atoms with Gasteiger partial charge < -0.3 is 5.73 Å². The molecule has 0 fully saturated rings. The van der Waals surface area contributed by atoms with Crippen molar-refractivity contribution in [1.29, 1.82) is 0 Å². The van der Waals surface area contributed by atoms with Crippen molar-refractivity contribution < 1.29 is 4.79 Å². The number of hydrogen-bond acceptors (Lipinski definition) is 2. The minimum absolute atomic E-state index is 0.0193. The minimum atomic E-state index is 0.0193. The lowest BCUT2D eigenvalue weighted by Crippen LogP contribution is -2.17. The molecule has 0 aliphatic heterocycles. The zero-order valence-electron chi connectivity index (χ0n) is 10.6. The van der Waals surface area contributed by atoms with Crippen LogP contribution >= 0.6 is 0 Å². The molecule has 0 aromatic heterocycles. The number of nitrogens with two attached hydrogens (primary N) is 1. The van der Waals surface area contributed by atoms with Gasteiger partial charge in [0.2, 0.25) is 0 Å². The van der Waals surface area contributed by atoms with Crippen LogP contribution in [0.3, 0.4) is 0 Å². The van der Waals surface area contributed by atoms with Crippen LogP contribution in [0.5, 0.6) is 0 Å². The highest BCUT2D eigenvalue weighted by molar-refractivity contribution is 5.99. The van der Waals surface area contributed by atoms with E-state index in [9.17, 15) is 4.79 Å². The van der Waals surface area contributed by atoms with Gasteiger partial charge in [-0.15, -0.1) is 0 Å². The average Bonchev–Trinajstić information content (AvgIpc) is 2.26. The number of ketones is 1. The molecule has 2 heteroatoms. The van der Waals surface area contributed by atoms with E-state index in [-0.39, 0.29) is 11.7 Å². The summed E-state index contributed by atoms with van der Waals surface area (Å²) in [6.45, 7) is 8.67. The molecule has 16 heavy (non-hydrogen) atoms. The predicted molar refractivity (Wildman–Crippen MR) is 67.8 cm³/mol. The second-order valence-corrected chi connectivity index (χ2v) is 4.52. The van der Waals surface area contributed by atoms with E-state index in [0.29, 0.717) is 6.54 Å². The molecule has 0 saturated heterocycles. The quantitative estimate of drug-likeness (QED) is 0.791. The van der Waals surface area contributed by atoms with Crippen molar-refractivity contribution >= 4 is 5.78 Å². The Balaban J connectivity index is 3.05. The standard InChI is InChI=1S/C14H21NO/c1-9-5-6-13(12(4)11(9)3)14(16)10(2)7-8-15/h5-6,10H,7-8,15H2,1-4H3. The van der Waals surface area contributed by atoms with Crippen LogP contribution in [-0.2, 0) is 0 Å². The highest BCUT2D eigenvalue weighted by atomic mass is 16.1. The zero-order valence-corrected chi connectivity index (χ0v) is 10.6. The summed E-state index contributed by atoms with van der Waals surface area (Å²) >= 11 is 0. The number of rotatable bonds is 4. The number of hydrogen-bond donors (Lipinski definition) is 1. The Bertz CT molecular complexity index is 396. The second-order valence-electron chi connectivity index (χ2n) is 4.52. The molecule has 1 aromatic rings. The predicted octanol–water partition coefficient (Wildman–Crippen LogP) is 2.78. The first-order valence-electron chi connectivity index (χ1n) is 5.80. The van der Waals surface area contributed by atoms with Gasteiger partial charge in [0, 0.05) is 11.5 Å². The van der Waals surface area contributed by atoms with Crippen LogP contribution in [0.4, 0.5) is 0 Å². The van der Waals surface area contributed by atoms with Crippen LogP contribution in [-0.4, -0.2) is 12.3 Å². The van der Waals surface area contributed by atoms with Crippen LogP contribution in [0.15, 0.2) is 12.1 Å². The molecule has 1 unspecified atom stereocenters. The van der Waals surface area contributed by atoms with Crippen LogP contribution in [0.25, 0.3) is 0 Å². The van der Waals surface area contributed by atoms with E-state index in [4.69, 9.17) is 5.73 Å². The molecule has 0 saturated carbocycles. The molecule has 0 bridgehead atoms. The topological polar surface area (TPSA) is 43.1 Å². The van der Waals surface area contributed by atoms with Crippen LogP contribution in [0.1, 0.15) is 40.4 Å². The van der Waals surface area contributed by atoms with E-state index in [0.717, 1.165) is 17.5 Å². The third kappa shape index (κ3) is 2.50. The molecule has 0 aliphatic carbocycles. The lowest BCUT2D eigenvalue weighted by molar-refractivity contribution is 0.0925. The van der Waals surface area contributed by atoms with Crippen molar-refractivity contribution in [3.63, 3.8) is 0 Å². The molecule has 0 heterocycles. The smallest absolute Gasteiger partial charge is 0.165 e. The average molecular weight is 219 g/mol. The van der Waals surface area contributed by atoms with Gasteiger partial charge in [-0.05, 0) is 50.4 Å². The Morgan fingerprint density at radius 2 is 1.88 bits per heavy atom. The fourth-order valence-electron chi connectivity index (χ4n) is 1.87. The summed E-state index contributed by atoms with van der Waals surface area (Å²) in [6.07, 6.45) is 0.755. The summed E-state index contributed by atoms with van der Waals surface area (Å²) in [6, 6.07) is 3.96. The maximum Gasteiger partial charge on any atom is 0.165 e. The van der Waals surface area contributed by atoms with Crippen LogP contribution in [0, 0.1) is 26.7 Å². The van der Waals surface area contributed by atoms with E-state index in [2.05, 4.69) is 13.8 Å². The molecule has 88 valence electrons. The minimum Gasteiger partial charge on any atom is -0.330 e. The van der Waals surface area contributed by atoms with Crippen molar-refractivity contribution in [3.05, 3.63) is 34.4 Å². The van der Waals surface area contributed by atoms with Gasteiger partial charge in [0.1, 0.15) is 0 Å². The summed E-state index contributed by atoms with van der Waals surface area (Å²) in [5.41, 5.74) is 9.89. The molecular weight excluding hydrogens is 198 g/mol. The molecule has 1 rings (SSSR count). The first-order valence-corrected chi connectivity index (χ1v) is 5.80. The van der Waals surface area contributed by atoms with Crippen molar-refractivity contribution in [1.82, 2.24) is 0 Å². The molecule has 0 spiro atoms. The largest absolute Gasteiger partial charge is 0.330 e. The van der Waals surface area contributed by atoms with Gasteiger partial charge in [0.15, 0.2) is 5.78 Å². The lowest BCUT2D eigenvalue weighted by atomic mass is 9.90. The number of aryl methyl sites for hydroxylation is 1. The van der Waals surface area contributed by atoms with Gasteiger partial charge in [-0.25, -0.2) is 0 Å². The monoisotopic (exact) mass is 219 g/mol. The first-order chi connectivity index (χ1) is 7.49. The van der Waals surface area contributed by atoms with Crippen LogP contribution < -0.4 is 5.73 Å². The van der Waals surface area contributed by atoms with Crippen molar-refractivity contribution in [2.75, 3.05) is 6.54 Å². The maximum atomic E-state index is 12.2. The molecule has 1 atom stereocenters. The van der Waals surface area contributed by atoms with Crippen molar-refractivity contribution in [2.24, 2.45) is 11.7 Å². The highest BCUT2D eigenvalue weighted by Crippen LogP contribution is 2.20. The highest BCUT2D eigenvalue weighted by Gasteiger charge is 2.17. The fourth-order valence-corrected chi connectivity index (χ4v) is 1.87. The summed E-state index contributed by atoms with van der Waals surface area (Å²) in [5, 5.41) is 0. The fraction of sp³-hybridized carbons (Fsp3) is 0.500. The normalized spacial score (nSPS) is 12.6. The number of Topliss-reactive ketones (excluding diaryl/α,β-unsaturated/α-hetero) is 1. The van der Waals surface area contributed by atoms with Crippen LogP contribution in [0.2, 0.25) is 0 Å². The van der Waals surface area contributed by atoms with Gasteiger partial charge in [-0.2, -0.15) is 0 Å². The van der Waals surface area contributed by atoms with E-state index in [1.807, 2.05) is 26.0 Å². The molecule has 2 N–H and O–H groups in total. The molecule has 1 aromatic carbocycles. The number of carbonyl (C=O) groups is 1. The Labute approximate surface area is 97.9 Å². The van der Waals surface area contributed by atoms with E-state index in [1.54, 1.807) is 0 Å². The van der Waals surface area contributed by atoms with Gasteiger partial charge in [0.25, 0.3) is 0 Å². The van der Waals surface area contributed by atoms with Gasteiger partial charge >= 0.3 is 0 Å². The Kier molecular flexibility index (Phi) is 4.25. The Morgan fingerprint density at radius 3 is 2.44 bits per heavy atom. The Morgan fingerprint density at radius 1 is 1.25 bits per heavy atom. The number of benzene rings is 1. The van der Waals surface area contributed by atoms with E-state index >= 15 is 0 Å². The van der Waals surface area contributed by atoms with Crippen molar-refractivity contribution in [2.45, 2.75) is 34.1 Å². The summed E-state index contributed by atoms with van der Waals surface area (Å²) in [7, 11) is 0. The lowest BCUT2D eigenvalue weighted by Gasteiger charge is -2.14. The first kappa shape index (κ1) is 12.9.